The molecule has 0 aliphatic carbocycles. The molecule has 132 valence electrons. The maximum atomic E-state index is 10.8. The average Bonchev–Trinajstić information content (AvgIpc) is 2.69. The summed E-state index contributed by atoms with van der Waals surface area (Å²) in [6.45, 7) is 1.75. The predicted molar refractivity (Wildman–Crippen MR) is 102 cm³/mol. The van der Waals surface area contributed by atoms with E-state index < -0.39 is 0 Å². The first-order chi connectivity index (χ1) is 12.7. The summed E-state index contributed by atoms with van der Waals surface area (Å²) in [5.41, 5.74) is 3.32. The number of rotatable bonds is 8. The van der Waals surface area contributed by atoms with Gasteiger partial charge in [0.2, 0.25) is 0 Å². The minimum Gasteiger partial charge on any atom is -0.492 e. The van der Waals surface area contributed by atoms with Gasteiger partial charge in [0.15, 0.2) is 0 Å². The normalized spacial score (nSPS) is 10.5. The maximum absolute atomic E-state index is 10.8. The van der Waals surface area contributed by atoms with Crippen LogP contribution in [0.4, 0.5) is 5.69 Å². The largest absolute Gasteiger partial charge is 0.492 e. The lowest BCUT2D eigenvalue weighted by Crippen LogP contribution is -2.20. The number of nitrogens with zero attached hydrogens (tertiary/aromatic N) is 1. The van der Waals surface area contributed by atoms with Crippen LogP contribution in [0.3, 0.4) is 0 Å². The van der Waals surface area contributed by atoms with Crippen molar-refractivity contribution in [3.63, 3.8) is 0 Å². The molecule has 5 nitrogen and oxygen atoms in total. The zero-order valence-electron chi connectivity index (χ0n) is 14.3. The molecule has 0 atom stereocenters. The van der Waals surface area contributed by atoms with Gasteiger partial charge in [0, 0.05) is 25.2 Å². The van der Waals surface area contributed by atoms with E-state index in [1.54, 1.807) is 12.1 Å². The molecule has 0 heterocycles. The predicted octanol–water partition coefficient (Wildman–Crippen LogP) is 4.43. The van der Waals surface area contributed by atoms with Gasteiger partial charge in [0.05, 0.1) is 4.92 Å². The van der Waals surface area contributed by atoms with Gasteiger partial charge in [0.1, 0.15) is 12.4 Å². The molecular weight excluding hydrogens is 328 g/mol. The number of benzene rings is 3. The van der Waals surface area contributed by atoms with E-state index in [9.17, 15) is 10.1 Å². The molecule has 0 saturated heterocycles. The van der Waals surface area contributed by atoms with E-state index in [4.69, 9.17) is 4.74 Å². The van der Waals surface area contributed by atoms with Gasteiger partial charge in [-0.1, -0.05) is 54.6 Å². The Balaban J connectivity index is 1.42. The van der Waals surface area contributed by atoms with E-state index in [2.05, 4.69) is 17.4 Å². The van der Waals surface area contributed by atoms with E-state index in [1.165, 1.54) is 11.6 Å². The van der Waals surface area contributed by atoms with Crippen LogP contribution < -0.4 is 10.1 Å². The first kappa shape index (κ1) is 17.6. The first-order valence-electron chi connectivity index (χ1n) is 8.45. The Hall–Kier alpha value is -3.18. The van der Waals surface area contributed by atoms with Crippen LogP contribution in [0, 0.1) is 10.1 Å². The minimum atomic E-state index is -0.383. The summed E-state index contributed by atoms with van der Waals surface area (Å²) in [6, 6.07) is 24.8. The fraction of sp³-hybridized carbons (Fsp3) is 0.143. The lowest BCUT2D eigenvalue weighted by atomic mass is 10.1. The van der Waals surface area contributed by atoms with E-state index in [0.717, 1.165) is 16.9 Å². The second-order valence-corrected chi connectivity index (χ2v) is 5.84. The van der Waals surface area contributed by atoms with Gasteiger partial charge in [-0.3, -0.25) is 10.1 Å². The molecule has 3 aromatic carbocycles. The average molecular weight is 348 g/mol. The van der Waals surface area contributed by atoms with Crippen molar-refractivity contribution in [1.82, 2.24) is 5.32 Å². The molecule has 26 heavy (non-hydrogen) atoms. The molecule has 3 rings (SSSR count). The van der Waals surface area contributed by atoms with Crippen molar-refractivity contribution in [2.45, 2.75) is 6.54 Å². The fourth-order valence-corrected chi connectivity index (χ4v) is 2.63. The molecule has 5 heteroatoms. The Morgan fingerprint density at radius 1 is 0.885 bits per heavy atom. The second kappa shape index (κ2) is 8.78. The monoisotopic (exact) mass is 348 g/mol. The van der Waals surface area contributed by atoms with E-state index in [0.29, 0.717) is 19.7 Å². The topological polar surface area (TPSA) is 64.4 Å². The standard InChI is InChI=1S/C21H20N2O3/c24-23(25)20-8-4-5-17(15-20)16-22-13-14-26-21-11-9-19(10-12-21)18-6-2-1-3-7-18/h1-12,15,22H,13-14,16H2. The number of nitrogens with one attached hydrogen (secondary N) is 1. The van der Waals surface area contributed by atoms with Crippen molar-refractivity contribution < 1.29 is 9.66 Å². The molecule has 0 fully saturated rings. The van der Waals surface area contributed by atoms with Gasteiger partial charge in [-0.25, -0.2) is 0 Å². The first-order valence-corrected chi connectivity index (χ1v) is 8.45. The molecule has 0 saturated carbocycles. The zero-order valence-corrected chi connectivity index (χ0v) is 14.3. The second-order valence-electron chi connectivity index (χ2n) is 5.84. The molecule has 0 amide bonds. The number of hydrogen-bond acceptors (Lipinski definition) is 4. The van der Waals surface area contributed by atoms with E-state index in [1.807, 2.05) is 48.5 Å². The summed E-state index contributed by atoms with van der Waals surface area (Å²) < 4.78 is 5.73. The number of hydrogen-bond donors (Lipinski definition) is 1. The Bertz CT molecular complexity index is 849. The van der Waals surface area contributed by atoms with Crippen LogP contribution in [0.2, 0.25) is 0 Å². The van der Waals surface area contributed by atoms with Gasteiger partial charge >= 0.3 is 0 Å². The van der Waals surface area contributed by atoms with Gasteiger partial charge < -0.3 is 10.1 Å². The van der Waals surface area contributed by atoms with Gasteiger partial charge in [-0.15, -0.1) is 0 Å². The maximum Gasteiger partial charge on any atom is 0.269 e. The molecular formula is C21H20N2O3. The van der Waals surface area contributed by atoms with Crippen LogP contribution in [0.5, 0.6) is 5.75 Å². The Labute approximate surface area is 152 Å². The Morgan fingerprint density at radius 2 is 1.62 bits per heavy atom. The highest BCUT2D eigenvalue weighted by atomic mass is 16.6. The van der Waals surface area contributed by atoms with Crippen LogP contribution in [-0.2, 0) is 6.54 Å². The van der Waals surface area contributed by atoms with Gasteiger partial charge in [0.25, 0.3) is 5.69 Å². The van der Waals surface area contributed by atoms with Gasteiger partial charge in [-0.05, 0) is 28.8 Å². The van der Waals surface area contributed by atoms with Crippen LogP contribution in [0.25, 0.3) is 11.1 Å². The van der Waals surface area contributed by atoms with Crippen molar-refractivity contribution in [1.29, 1.82) is 0 Å². The highest BCUT2D eigenvalue weighted by Crippen LogP contribution is 2.21. The third-order valence-electron chi connectivity index (χ3n) is 3.96. The minimum absolute atomic E-state index is 0.110. The third kappa shape index (κ3) is 4.91. The number of non-ortho nitro benzene ring substituents is 1. The summed E-state index contributed by atoms with van der Waals surface area (Å²) in [6.07, 6.45) is 0. The van der Waals surface area contributed by atoms with Crippen LogP contribution in [0.15, 0.2) is 78.9 Å². The molecule has 0 bridgehead atoms. The number of nitro benzene ring substituents is 1. The highest BCUT2D eigenvalue weighted by Gasteiger charge is 2.05. The smallest absolute Gasteiger partial charge is 0.269 e. The molecule has 1 N–H and O–H groups in total. The molecule has 0 spiro atoms. The van der Waals surface area contributed by atoms with Crippen molar-refractivity contribution >= 4 is 5.69 Å². The highest BCUT2D eigenvalue weighted by molar-refractivity contribution is 5.63. The van der Waals surface area contributed by atoms with Crippen molar-refractivity contribution in [2.24, 2.45) is 0 Å². The molecule has 0 aliphatic heterocycles. The zero-order chi connectivity index (χ0) is 18.2. The molecule has 0 aromatic heterocycles. The Morgan fingerprint density at radius 3 is 2.35 bits per heavy atom. The summed E-state index contributed by atoms with van der Waals surface area (Å²) in [7, 11) is 0. The van der Waals surface area contributed by atoms with Crippen molar-refractivity contribution in [2.75, 3.05) is 13.2 Å². The Kier molecular flexibility index (Phi) is 5.96. The fourth-order valence-electron chi connectivity index (χ4n) is 2.63. The van der Waals surface area contributed by atoms with Crippen molar-refractivity contribution in [3.8, 4) is 16.9 Å². The molecule has 0 aliphatic rings. The number of nitro groups is 1. The third-order valence-corrected chi connectivity index (χ3v) is 3.96. The lowest BCUT2D eigenvalue weighted by molar-refractivity contribution is -0.384. The van der Waals surface area contributed by atoms with Crippen molar-refractivity contribution in [3.05, 3.63) is 94.5 Å². The molecule has 3 aromatic rings. The lowest BCUT2D eigenvalue weighted by Gasteiger charge is -2.09. The summed E-state index contributed by atoms with van der Waals surface area (Å²) in [5, 5.41) is 14.0. The summed E-state index contributed by atoms with van der Waals surface area (Å²) >= 11 is 0. The van der Waals surface area contributed by atoms with Crippen LogP contribution >= 0.6 is 0 Å². The summed E-state index contributed by atoms with van der Waals surface area (Å²) in [5.74, 6) is 0.821. The molecule has 0 unspecified atom stereocenters. The molecule has 0 radical (unpaired) electrons. The van der Waals surface area contributed by atoms with Crippen LogP contribution in [0.1, 0.15) is 5.56 Å². The van der Waals surface area contributed by atoms with E-state index >= 15 is 0 Å². The number of ether oxygens (including phenoxy) is 1. The quantitative estimate of drug-likeness (QED) is 0.371. The van der Waals surface area contributed by atoms with E-state index in [-0.39, 0.29) is 10.6 Å². The van der Waals surface area contributed by atoms with Gasteiger partial charge in [-0.2, -0.15) is 0 Å². The SMILES string of the molecule is O=[N+]([O-])c1cccc(CNCCOc2ccc(-c3ccccc3)cc2)c1. The van der Waals surface area contributed by atoms with Crippen LogP contribution in [-0.4, -0.2) is 18.1 Å². The summed E-state index contributed by atoms with van der Waals surface area (Å²) in [4.78, 5) is 10.4.